The Morgan fingerprint density at radius 3 is 2.25 bits per heavy atom. The Kier molecular flexibility index (Phi) is 3.34. The second kappa shape index (κ2) is 3.17. The van der Waals surface area contributed by atoms with Gasteiger partial charge in [0, 0.05) is 0 Å². The molecule has 7 heteroatoms. The summed E-state index contributed by atoms with van der Waals surface area (Å²) in [4.78, 5) is 0. The molecule has 1 aliphatic rings. The van der Waals surface area contributed by atoms with Gasteiger partial charge in [-0.15, -0.1) is 11.4 Å². The maximum Gasteiger partial charge on any atom is 0.119 e. The molecule has 0 spiro atoms. The fourth-order valence-corrected chi connectivity index (χ4v) is 46.0. The normalized spacial score (nSPS) is 45.9. The number of hydrogen-bond donors (Lipinski definition) is 0. The highest BCUT2D eigenvalue weighted by Crippen LogP contribution is 3.01. The molecule has 1 saturated heterocycles. The summed E-state index contributed by atoms with van der Waals surface area (Å²) in [5.74, 6) is 0. The lowest BCUT2D eigenvalue weighted by Gasteiger charge is -2.27. The average molecular weight is 238 g/mol. The molecule has 0 bridgehead atoms. The van der Waals surface area contributed by atoms with Gasteiger partial charge < -0.3 is 0 Å². The van der Waals surface area contributed by atoms with Crippen LogP contribution in [0.25, 0.3) is 0 Å². The Bertz CT molecular complexity index is 150. The number of hydrogen-bond acceptors (Lipinski definition) is 5. The van der Waals surface area contributed by atoms with E-state index in [1.54, 1.807) is 0 Å². The van der Waals surface area contributed by atoms with Gasteiger partial charge in [-0.05, 0) is 6.26 Å². The minimum Gasteiger partial charge on any atom is -0.107 e. The van der Waals surface area contributed by atoms with Crippen LogP contribution in [0.1, 0.15) is 0 Å². The third kappa shape index (κ3) is 1.91. The fourth-order valence-electron chi connectivity index (χ4n) is 0.264. The zero-order chi connectivity index (χ0) is 6.20. The van der Waals surface area contributed by atoms with Crippen LogP contribution >= 0.6 is 42.1 Å². The first-order valence-corrected chi connectivity index (χ1v) is 13.3. The monoisotopic (exact) mass is 238 g/mol. The summed E-state index contributed by atoms with van der Waals surface area (Å²) in [6.45, 7) is 0. The topological polar surface area (TPSA) is 0 Å². The van der Waals surface area contributed by atoms with Crippen LogP contribution < -0.4 is 0 Å². The van der Waals surface area contributed by atoms with E-state index in [0.717, 1.165) is 0 Å². The molecule has 0 aromatic heterocycles. The van der Waals surface area contributed by atoms with Gasteiger partial charge in [0.2, 0.25) is 0 Å². The van der Waals surface area contributed by atoms with Gasteiger partial charge in [0.05, 0.1) is 5.10 Å². The second-order valence-corrected chi connectivity index (χ2v) is 25.4. The minimum absolute atomic E-state index is 0.471. The van der Waals surface area contributed by atoms with Crippen LogP contribution in [0.2, 0.25) is 0 Å². The molecule has 1 heterocycles. The minimum atomic E-state index is -1.01. The van der Waals surface area contributed by atoms with Crippen molar-refractivity contribution in [3.8, 4) is 0 Å². The standard InChI is InChI=1S/CH4P2S5/c1-6-3(5)7-2(4)8-3/h2H,1H3. The van der Waals surface area contributed by atoms with E-state index in [1.165, 1.54) is 0 Å². The molecule has 0 atom stereocenters. The maximum atomic E-state index is 5.27. The van der Waals surface area contributed by atoms with Gasteiger partial charge in [0.15, 0.2) is 0 Å². The molecule has 1 aliphatic heterocycles. The van der Waals surface area contributed by atoms with Crippen molar-refractivity contribution in [1.82, 2.24) is 0 Å². The van der Waals surface area contributed by atoms with Crippen LogP contribution in [-0.2, 0) is 23.6 Å². The van der Waals surface area contributed by atoms with Crippen LogP contribution in [-0.4, -0.2) is 6.26 Å². The van der Waals surface area contributed by atoms with Gasteiger partial charge >= 0.3 is 0 Å². The molecule has 0 aromatic carbocycles. The summed E-state index contributed by atoms with van der Waals surface area (Å²) in [7, 11) is 0. The first kappa shape index (κ1) is 8.45. The van der Waals surface area contributed by atoms with Gasteiger partial charge in [0.25, 0.3) is 0 Å². The van der Waals surface area contributed by atoms with Crippen molar-refractivity contribution < 1.29 is 0 Å². The summed E-state index contributed by atoms with van der Waals surface area (Å²) in [5, 5.41) is -0.471. The van der Waals surface area contributed by atoms with Crippen molar-refractivity contribution >= 4 is 65.7 Å². The Morgan fingerprint density at radius 1 is 1.62 bits per heavy atom. The van der Waals surface area contributed by atoms with E-state index in [2.05, 4.69) is 6.26 Å². The first-order chi connectivity index (χ1) is 3.66. The molecule has 0 N–H and O–H groups in total. The highest BCUT2D eigenvalue weighted by Gasteiger charge is 2.30. The lowest BCUT2D eigenvalue weighted by molar-refractivity contribution is 2.54. The Morgan fingerprint density at radius 2 is 2.12 bits per heavy atom. The SMILES string of the molecule is CSP1(=S)S[PH](=S)S1. The quantitative estimate of drug-likeness (QED) is 0.639. The molecule has 0 nitrogen and oxygen atoms in total. The summed E-state index contributed by atoms with van der Waals surface area (Å²) in [5.41, 5.74) is 0. The second-order valence-electron chi connectivity index (χ2n) is 1.06. The molecule has 0 radical (unpaired) electrons. The van der Waals surface area contributed by atoms with Gasteiger partial charge in [-0.1, -0.05) is 45.6 Å². The van der Waals surface area contributed by atoms with E-state index < -0.39 is 8.74 Å². The lowest BCUT2D eigenvalue weighted by atomic mass is 12.0. The Hall–Kier alpha value is 2.35. The van der Waals surface area contributed by atoms with E-state index in [0.29, 0.717) is 0 Å². The molecule has 0 unspecified atom stereocenters. The maximum absolute atomic E-state index is 5.27. The average Bonchev–Trinajstić information content (AvgIpc) is 1.63. The van der Waals surface area contributed by atoms with Crippen molar-refractivity contribution in [2.45, 2.75) is 0 Å². The molecular weight excluding hydrogens is 234 g/mol. The molecule has 8 heavy (non-hydrogen) atoms. The third-order valence-electron chi connectivity index (χ3n) is 0.596. The first-order valence-electron chi connectivity index (χ1n) is 1.75. The van der Waals surface area contributed by atoms with Crippen LogP contribution in [0.5, 0.6) is 0 Å². The third-order valence-corrected chi connectivity index (χ3v) is 36.2. The Labute approximate surface area is 71.5 Å². The van der Waals surface area contributed by atoms with E-state index in [9.17, 15) is 0 Å². The molecule has 1 rings (SSSR count). The molecular formula is CH4P2S5. The summed E-state index contributed by atoms with van der Waals surface area (Å²) in [6, 6.07) is 0. The van der Waals surface area contributed by atoms with Crippen LogP contribution in [0.4, 0.5) is 0 Å². The molecule has 0 saturated carbocycles. The molecule has 0 aromatic rings. The van der Waals surface area contributed by atoms with Crippen LogP contribution in [0.3, 0.4) is 0 Å². The summed E-state index contributed by atoms with van der Waals surface area (Å²) >= 11 is 16.0. The van der Waals surface area contributed by atoms with E-state index >= 15 is 0 Å². The van der Waals surface area contributed by atoms with Gasteiger partial charge in [-0.25, -0.2) is 0 Å². The van der Waals surface area contributed by atoms with E-state index in [-0.39, 0.29) is 0 Å². The van der Waals surface area contributed by atoms with Gasteiger partial charge in [0.1, 0.15) is 3.64 Å². The highest BCUT2D eigenvalue weighted by molar-refractivity contribution is 9.53. The zero-order valence-corrected chi connectivity index (χ0v) is 9.97. The fraction of sp³-hybridized carbons (Fsp3) is 1.00. The zero-order valence-electron chi connectivity index (χ0n) is 3.99. The van der Waals surface area contributed by atoms with Crippen molar-refractivity contribution in [3.63, 3.8) is 0 Å². The van der Waals surface area contributed by atoms with Gasteiger partial charge in [-0.2, -0.15) is 0 Å². The molecule has 48 valence electrons. The predicted molar refractivity (Wildman–Crippen MR) is 58.7 cm³/mol. The Balaban J connectivity index is 2.53. The highest BCUT2D eigenvalue weighted by atomic mass is 33.8. The summed E-state index contributed by atoms with van der Waals surface area (Å²) in [6.07, 6.45) is 2.09. The van der Waals surface area contributed by atoms with Crippen LogP contribution in [0, 0.1) is 0 Å². The van der Waals surface area contributed by atoms with Crippen molar-refractivity contribution in [2.75, 3.05) is 6.26 Å². The summed E-state index contributed by atoms with van der Waals surface area (Å²) < 4.78 is -1.01. The lowest BCUT2D eigenvalue weighted by Crippen LogP contribution is -1.60. The van der Waals surface area contributed by atoms with Crippen molar-refractivity contribution in [2.24, 2.45) is 0 Å². The molecule has 0 amide bonds. The van der Waals surface area contributed by atoms with Crippen molar-refractivity contribution in [1.29, 1.82) is 0 Å². The largest absolute Gasteiger partial charge is 0.119 e. The van der Waals surface area contributed by atoms with E-state index in [4.69, 9.17) is 23.6 Å². The predicted octanol–water partition coefficient (Wildman–Crippen LogP) is 3.56. The van der Waals surface area contributed by atoms with Crippen LogP contribution in [0.15, 0.2) is 0 Å². The molecule has 1 fully saturated rings. The van der Waals surface area contributed by atoms with Crippen molar-refractivity contribution in [3.05, 3.63) is 0 Å². The number of rotatable bonds is 1. The van der Waals surface area contributed by atoms with Gasteiger partial charge in [-0.3, -0.25) is 0 Å². The molecule has 0 aliphatic carbocycles. The smallest absolute Gasteiger partial charge is 0.107 e. The van der Waals surface area contributed by atoms with E-state index in [1.807, 2.05) is 33.4 Å².